The number of halogens is 2. The van der Waals surface area contributed by atoms with E-state index >= 15 is 0 Å². The van der Waals surface area contributed by atoms with Gasteiger partial charge < -0.3 is 10.5 Å². The van der Waals surface area contributed by atoms with E-state index in [0.29, 0.717) is 0 Å². The van der Waals surface area contributed by atoms with Gasteiger partial charge in [-0.1, -0.05) is 6.07 Å². The molecule has 0 fully saturated rings. The summed E-state index contributed by atoms with van der Waals surface area (Å²) in [5.74, 6) is -1.80. The third-order valence-corrected chi connectivity index (χ3v) is 2.16. The summed E-state index contributed by atoms with van der Waals surface area (Å²) in [4.78, 5) is 7.59. The van der Waals surface area contributed by atoms with Crippen LogP contribution in [-0.2, 0) is 0 Å². The number of benzene rings is 1. The van der Waals surface area contributed by atoms with Gasteiger partial charge in [-0.25, -0.2) is 13.8 Å². The highest BCUT2D eigenvalue weighted by Crippen LogP contribution is 2.25. The van der Waals surface area contributed by atoms with Crippen LogP contribution in [0.1, 0.15) is 0 Å². The average molecular weight is 237 g/mol. The number of aromatic nitrogens is 2. The molecule has 0 amide bonds. The summed E-state index contributed by atoms with van der Waals surface area (Å²) in [7, 11) is 1.40. The Kier molecular flexibility index (Phi) is 2.86. The summed E-state index contributed by atoms with van der Waals surface area (Å²) in [6, 6.07) is 5.20. The quantitative estimate of drug-likeness (QED) is 0.867. The van der Waals surface area contributed by atoms with Crippen molar-refractivity contribution in [1.82, 2.24) is 9.97 Å². The lowest BCUT2D eigenvalue weighted by Crippen LogP contribution is -2.00. The fourth-order valence-corrected chi connectivity index (χ4v) is 1.39. The first-order valence-corrected chi connectivity index (χ1v) is 4.74. The van der Waals surface area contributed by atoms with Crippen molar-refractivity contribution in [1.29, 1.82) is 0 Å². The number of ether oxygens (including phenoxy) is 1. The van der Waals surface area contributed by atoms with E-state index in [4.69, 9.17) is 10.5 Å². The molecular formula is C11H9F2N3O. The maximum Gasteiger partial charge on any atom is 0.223 e. The number of hydrogen-bond acceptors (Lipinski definition) is 4. The summed E-state index contributed by atoms with van der Waals surface area (Å²) in [5, 5.41) is 0. The summed E-state index contributed by atoms with van der Waals surface area (Å²) in [6.07, 6.45) is 0. The molecule has 1 aromatic heterocycles. The zero-order valence-corrected chi connectivity index (χ0v) is 8.95. The molecule has 1 heterocycles. The second-order valence-corrected chi connectivity index (χ2v) is 3.26. The number of methoxy groups -OCH3 is 1. The molecule has 17 heavy (non-hydrogen) atoms. The van der Waals surface area contributed by atoms with Gasteiger partial charge in [0, 0.05) is 11.6 Å². The van der Waals surface area contributed by atoms with Crippen LogP contribution in [0.2, 0.25) is 0 Å². The van der Waals surface area contributed by atoms with Crippen LogP contribution < -0.4 is 10.5 Å². The van der Waals surface area contributed by atoms with Gasteiger partial charge in [0.05, 0.1) is 12.8 Å². The van der Waals surface area contributed by atoms with E-state index in [2.05, 4.69) is 9.97 Å². The van der Waals surface area contributed by atoms with Gasteiger partial charge in [-0.15, -0.1) is 0 Å². The van der Waals surface area contributed by atoms with Gasteiger partial charge in [0.2, 0.25) is 11.8 Å². The maximum absolute atomic E-state index is 13.5. The van der Waals surface area contributed by atoms with Gasteiger partial charge in [0.1, 0.15) is 0 Å². The fourth-order valence-electron chi connectivity index (χ4n) is 1.39. The number of rotatable bonds is 2. The number of nitrogens with two attached hydrogens (primary N) is 1. The third-order valence-electron chi connectivity index (χ3n) is 2.16. The third kappa shape index (κ3) is 2.15. The highest BCUT2D eigenvalue weighted by atomic mass is 19.2. The van der Waals surface area contributed by atoms with Crippen molar-refractivity contribution in [2.45, 2.75) is 0 Å². The second kappa shape index (κ2) is 4.32. The van der Waals surface area contributed by atoms with Gasteiger partial charge in [-0.05, 0) is 12.1 Å². The molecule has 4 nitrogen and oxygen atoms in total. The van der Waals surface area contributed by atoms with Crippen molar-refractivity contribution in [3.05, 3.63) is 35.9 Å². The van der Waals surface area contributed by atoms with Crippen molar-refractivity contribution in [3.63, 3.8) is 0 Å². The summed E-state index contributed by atoms with van der Waals surface area (Å²) < 4.78 is 31.5. The molecule has 2 aromatic rings. The Labute approximate surface area is 96.1 Å². The van der Waals surface area contributed by atoms with E-state index in [1.807, 2.05) is 0 Å². The molecule has 0 saturated heterocycles. The minimum atomic E-state index is -0.979. The van der Waals surface area contributed by atoms with Crippen LogP contribution in [0.4, 0.5) is 14.7 Å². The zero-order chi connectivity index (χ0) is 12.4. The molecular weight excluding hydrogens is 228 g/mol. The average Bonchev–Trinajstić information content (AvgIpc) is 2.31. The molecule has 0 saturated carbocycles. The monoisotopic (exact) mass is 237 g/mol. The molecule has 0 unspecified atom stereocenters. The highest BCUT2D eigenvalue weighted by Gasteiger charge is 2.12. The van der Waals surface area contributed by atoms with Crippen LogP contribution in [0.25, 0.3) is 11.3 Å². The molecule has 0 spiro atoms. The standard InChI is InChI=1S/C11H9F2N3O/c1-17-9-5-8(15-11(14)16-9)6-3-2-4-7(12)10(6)13/h2-5H,1H3,(H2,14,15,16). The normalized spacial score (nSPS) is 10.3. The van der Waals surface area contributed by atoms with Crippen LogP contribution in [-0.4, -0.2) is 17.1 Å². The van der Waals surface area contributed by atoms with Crippen LogP contribution in [0.15, 0.2) is 24.3 Å². The molecule has 0 aliphatic carbocycles. The van der Waals surface area contributed by atoms with Gasteiger partial charge in [-0.3, -0.25) is 0 Å². The maximum atomic E-state index is 13.5. The Hall–Kier alpha value is -2.24. The van der Waals surface area contributed by atoms with Crippen LogP contribution in [0.3, 0.4) is 0 Å². The van der Waals surface area contributed by atoms with Gasteiger partial charge in [0.25, 0.3) is 0 Å². The molecule has 1 aromatic carbocycles. The topological polar surface area (TPSA) is 61.0 Å². The lowest BCUT2D eigenvalue weighted by molar-refractivity contribution is 0.398. The largest absolute Gasteiger partial charge is 0.481 e. The molecule has 0 bridgehead atoms. The van der Waals surface area contributed by atoms with E-state index in [0.717, 1.165) is 6.07 Å². The first-order valence-electron chi connectivity index (χ1n) is 4.74. The van der Waals surface area contributed by atoms with E-state index in [1.165, 1.54) is 25.3 Å². The van der Waals surface area contributed by atoms with Crippen molar-refractivity contribution >= 4 is 5.95 Å². The van der Waals surface area contributed by atoms with E-state index in [9.17, 15) is 8.78 Å². The molecule has 0 aliphatic heterocycles. The lowest BCUT2D eigenvalue weighted by atomic mass is 10.1. The summed E-state index contributed by atoms with van der Waals surface area (Å²) >= 11 is 0. The lowest BCUT2D eigenvalue weighted by Gasteiger charge is -2.06. The van der Waals surface area contributed by atoms with Crippen LogP contribution in [0, 0.1) is 11.6 Å². The molecule has 0 aliphatic rings. The molecule has 88 valence electrons. The molecule has 0 atom stereocenters. The molecule has 2 N–H and O–H groups in total. The minimum absolute atomic E-state index is 0.0115. The van der Waals surface area contributed by atoms with E-state index < -0.39 is 11.6 Å². The minimum Gasteiger partial charge on any atom is -0.481 e. The Bertz CT molecular complexity index is 560. The Morgan fingerprint density at radius 1 is 1.24 bits per heavy atom. The Morgan fingerprint density at radius 3 is 2.71 bits per heavy atom. The summed E-state index contributed by atoms with van der Waals surface area (Å²) in [6.45, 7) is 0. The first kappa shape index (κ1) is 11.3. The van der Waals surface area contributed by atoms with Crippen LogP contribution in [0.5, 0.6) is 5.88 Å². The molecule has 2 rings (SSSR count). The van der Waals surface area contributed by atoms with E-state index in [1.54, 1.807) is 0 Å². The number of hydrogen-bond donors (Lipinski definition) is 1. The van der Waals surface area contributed by atoms with E-state index in [-0.39, 0.29) is 23.1 Å². The summed E-state index contributed by atoms with van der Waals surface area (Å²) in [5.41, 5.74) is 5.63. The highest BCUT2D eigenvalue weighted by molar-refractivity contribution is 5.62. The fraction of sp³-hybridized carbons (Fsp3) is 0.0909. The Morgan fingerprint density at radius 2 is 2.00 bits per heavy atom. The SMILES string of the molecule is COc1cc(-c2cccc(F)c2F)nc(N)n1. The van der Waals surface area contributed by atoms with Crippen molar-refractivity contribution < 1.29 is 13.5 Å². The molecule has 0 radical (unpaired) electrons. The zero-order valence-electron chi connectivity index (χ0n) is 8.95. The smallest absolute Gasteiger partial charge is 0.223 e. The molecule has 6 heteroatoms. The van der Waals surface area contributed by atoms with Crippen molar-refractivity contribution in [3.8, 4) is 17.1 Å². The predicted octanol–water partition coefficient (Wildman–Crippen LogP) is 2.01. The number of anilines is 1. The van der Waals surface area contributed by atoms with Crippen molar-refractivity contribution in [2.75, 3.05) is 12.8 Å². The predicted molar refractivity (Wildman–Crippen MR) is 58.3 cm³/mol. The number of nitrogens with zero attached hydrogens (tertiary/aromatic N) is 2. The number of nitrogen functional groups attached to an aromatic ring is 1. The second-order valence-electron chi connectivity index (χ2n) is 3.26. The van der Waals surface area contributed by atoms with Gasteiger partial charge in [0.15, 0.2) is 11.6 Å². The van der Waals surface area contributed by atoms with Crippen molar-refractivity contribution in [2.24, 2.45) is 0 Å². The van der Waals surface area contributed by atoms with Gasteiger partial charge in [-0.2, -0.15) is 4.98 Å². The van der Waals surface area contributed by atoms with Gasteiger partial charge >= 0.3 is 0 Å². The Balaban J connectivity index is 2.60. The first-order chi connectivity index (χ1) is 8.11. The van der Waals surface area contributed by atoms with Crippen LogP contribution >= 0.6 is 0 Å².